The van der Waals surface area contributed by atoms with Crippen LogP contribution in [-0.2, 0) is 6.42 Å². The Kier molecular flexibility index (Phi) is 4.11. The van der Waals surface area contributed by atoms with E-state index in [-0.39, 0.29) is 0 Å². The molecule has 2 heteroatoms. The van der Waals surface area contributed by atoms with Gasteiger partial charge in [-0.2, -0.15) is 0 Å². The molecule has 1 N–H and O–H groups in total. The Morgan fingerprint density at radius 1 is 1.29 bits per heavy atom. The fourth-order valence-corrected chi connectivity index (χ4v) is 2.64. The molecule has 0 heterocycles. The normalized spacial score (nSPS) is 19.0. The highest BCUT2D eigenvalue weighted by Gasteiger charge is 2.46. The van der Waals surface area contributed by atoms with Crippen molar-refractivity contribution < 1.29 is 0 Å². The Hall–Kier alpha value is -0.530. The van der Waals surface area contributed by atoms with E-state index >= 15 is 0 Å². The summed E-state index contributed by atoms with van der Waals surface area (Å²) >= 11 is 5.92. The van der Waals surface area contributed by atoms with E-state index in [2.05, 4.69) is 31.3 Å². The van der Waals surface area contributed by atoms with Gasteiger partial charge in [0.05, 0.1) is 0 Å². The SMILES string of the molecule is CCCNC(C)C1(Cc2ccc(Cl)cc2)CC1. The maximum absolute atomic E-state index is 5.92. The summed E-state index contributed by atoms with van der Waals surface area (Å²) in [5.74, 6) is 0. The van der Waals surface area contributed by atoms with Crippen molar-refractivity contribution in [1.82, 2.24) is 5.32 Å². The molecule has 1 saturated carbocycles. The first-order valence-corrected chi connectivity index (χ1v) is 7.02. The van der Waals surface area contributed by atoms with Crippen molar-refractivity contribution in [2.75, 3.05) is 6.54 Å². The molecule has 0 aromatic heterocycles. The summed E-state index contributed by atoms with van der Waals surface area (Å²) in [4.78, 5) is 0. The quantitative estimate of drug-likeness (QED) is 0.804. The molecule has 1 aliphatic rings. The monoisotopic (exact) mass is 251 g/mol. The lowest BCUT2D eigenvalue weighted by Gasteiger charge is -2.24. The summed E-state index contributed by atoms with van der Waals surface area (Å²) in [6.07, 6.45) is 5.10. The third-order valence-corrected chi connectivity index (χ3v) is 4.23. The van der Waals surface area contributed by atoms with Crippen LogP contribution >= 0.6 is 11.6 Å². The van der Waals surface area contributed by atoms with Crippen LogP contribution in [0.25, 0.3) is 0 Å². The molecule has 1 fully saturated rings. The summed E-state index contributed by atoms with van der Waals surface area (Å²) < 4.78 is 0. The second kappa shape index (κ2) is 5.41. The topological polar surface area (TPSA) is 12.0 Å². The second-order valence-electron chi connectivity index (χ2n) is 5.34. The lowest BCUT2D eigenvalue weighted by atomic mass is 9.90. The number of nitrogens with one attached hydrogen (secondary N) is 1. The molecule has 0 saturated heterocycles. The van der Waals surface area contributed by atoms with Crippen LogP contribution in [0.3, 0.4) is 0 Å². The zero-order valence-electron chi connectivity index (χ0n) is 10.8. The Morgan fingerprint density at radius 3 is 2.47 bits per heavy atom. The van der Waals surface area contributed by atoms with E-state index < -0.39 is 0 Å². The van der Waals surface area contributed by atoms with Crippen LogP contribution in [0.4, 0.5) is 0 Å². The fraction of sp³-hybridized carbons (Fsp3) is 0.600. The first kappa shape index (κ1) is 12.9. The van der Waals surface area contributed by atoms with Crippen LogP contribution in [0, 0.1) is 5.41 Å². The van der Waals surface area contributed by atoms with Crippen LogP contribution in [-0.4, -0.2) is 12.6 Å². The highest BCUT2D eigenvalue weighted by molar-refractivity contribution is 6.30. The molecule has 1 unspecified atom stereocenters. The summed E-state index contributed by atoms with van der Waals surface area (Å²) in [7, 11) is 0. The molecule has 0 spiro atoms. The van der Waals surface area contributed by atoms with Gasteiger partial charge in [-0.05, 0) is 62.3 Å². The van der Waals surface area contributed by atoms with Gasteiger partial charge < -0.3 is 5.32 Å². The predicted molar refractivity (Wildman–Crippen MR) is 74.6 cm³/mol. The number of halogens is 1. The Labute approximate surface area is 110 Å². The second-order valence-corrected chi connectivity index (χ2v) is 5.78. The predicted octanol–water partition coefficient (Wildman–Crippen LogP) is 4.05. The van der Waals surface area contributed by atoms with Crippen molar-refractivity contribution in [3.8, 4) is 0 Å². The molecular formula is C15H22ClN. The minimum Gasteiger partial charge on any atom is -0.314 e. The van der Waals surface area contributed by atoms with E-state index in [0.717, 1.165) is 11.6 Å². The summed E-state index contributed by atoms with van der Waals surface area (Å²) in [6, 6.07) is 8.94. The Morgan fingerprint density at radius 2 is 1.94 bits per heavy atom. The molecule has 0 radical (unpaired) electrons. The first-order valence-electron chi connectivity index (χ1n) is 6.64. The van der Waals surface area contributed by atoms with Crippen molar-refractivity contribution in [1.29, 1.82) is 0 Å². The molecule has 0 bridgehead atoms. The molecule has 1 aromatic rings. The smallest absolute Gasteiger partial charge is 0.0406 e. The molecule has 1 nitrogen and oxygen atoms in total. The lowest BCUT2D eigenvalue weighted by Crippen LogP contribution is -2.36. The van der Waals surface area contributed by atoms with Gasteiger partial charge in [0, 0.05) is 11.1 Å². The van der Waals surface area contributed by atoms with Crippen molar-refractivity contribution in [2.24, 2.45) is 5.41 Å². The van der Waals surface area contributed by atoms with E-state index in [0.29, 0.717) is 11.5 Å². The molecular weight excluding hydrogens is 230 g/mol. The van der Waals surface area contributed by atoms with E-state index in [9.17, 15) is 0 Å². The third-order valence-electron chi connectivity index (χ3n) is 3.98. The standard InChI is InChI=1S/C15H22ClN/c1-3-10-17-12(2)15(8-9-15)11-13-4-6-14(16)7-5-13/h4-7,12,17H,3,8-11H2,1-2H3. The molecule has 0 amide bonds. The van der Waals surface area contributed by atoms with Crippen molar-refractivity contribution >= 4 is 11.6 Å². The van der Waals surface area contributed by atoms with E-state index in [4.69, 9.17) is 11.6 Å². The summed E-state index contributed by atoms with van der Waals surface area (Å²) in [6.45, 7) is 5.68. The maximum Gasteiger partial charge on any atom is 0.0406 e. The molecule has 1 aliphatic carbocycles. The number of hydrogen-bond acceptors (Lipinski definition) is 1. The van der Waals surface area contributed by atoms with E-state index in [1.807, 2.05) is 12.1 Å². The largest absolute Gasteiger partial charge is 0.314 e. The number of rotatable bonds is 6. The van der Waals surface area contributed by atoms with Gasteiger partial charge in [-0.3, -0.25) is 0 Å². The van der Waals surface area contributed by atoms with E-state index in [1.54, 1.807) is 0 Å². The summed E-state index contributed by atoms with van der Waals surface area (Å²) in [5, 5.41) is 4.47. The molecule has 94 valence electrons. The van der Waals surface area contributed by atoms with Crippen molar-refractivity contribution in [3.63, 3.8) is 0 Å². The van der Waals surface area contributed by atoms with Crippen LogP contribution in [0.1, 0.15) is 38.7 Å². The molecule has 0 aliphatic heterocycles. The van der Waals surface area contributed by atoms with Gasteiger partial charge in [0.15, 0.2) is 0 Å². The average Bonchev–Trinajstić information content (AvgIpc) is 3.10. The van der Waals surface area contributed by atoms with Crippen LogP contribution < -0.4 is 5.32 Å². The third kappa shape index (κ3) is 3.23. The molecule has 17 heavy (non-hydrogen) atoms. The van der Waals surface area contributed by atoms with Gasteiger partial charge >= 0.3 is 0 Å². The lowest BCUT2D eigenvalue weighted by molar-refractivity contribution is 0.350. The minimum atomic E-state index is 0.503. The Balaban J connectivity index is 1.95. The van der Waals surface area contributed by atoms with Gasteiger partial charge in [-0.15, -0.1) is 0 Å². The molecule has 1 atom stereocenters. The number of hydrogen-bond donors (Lipinski definition) is 1. The van der Waals surface area contributed by atoms with Gasteiger partial charge in [0.25, 0.3) is 0 Å². The molecule has 1 aromatic carbocycles. The first-order chi connectivity index (χ1) is 8.16. The van der Waals surface area contributed by atoms with Gasteiger partial charge in [0.2, 0.25) is 0 Å². The Bertz CT molecular complexity index is 354. The highest BCUT2D eigenvalue weighted by atomic mass is 35.5. The maximum atomic E-state index is 5.92. The van der Waals surface area contributed by atoms with Crippen LogP contribution in [0.15, 0.2) is 24.3 Å². The van der Waals surface area contributed by atoms with Crippen molar-refractivity contribution in [3.05, 3.63) is 34.9 Å². The zero-order valence-corrected chi connectivity index (χ0v) is 11.6. The number of benzene rings is 1. The minimum absolute atomic E-state index is 0.503. The summed E-state index contributed by atoms with van der Waals surface area (Å²) in [5.41, 5.74) is 1.92. The van der Waals surface area contributed by atoms with Gasteiger partial charge in [-0.1, -0.05) is 30.7 Å². The zero-order chi connectivity index (χ0) is 12.3. The highest BCUT2D eigenvalue weighted by Crippen LogP contribution is 2.51. The van der Waals surface area contributed by atoms with Gasteiger partial charge in [0.1, 0.15) is 0 Å². The van der Waals surface area contributed by atoms with Crippen LogP contribution in [0.5, 0.6) is 0 Å². The van der Waals surface area contributed by atoms with Crippen LogP contribution in [0.2, 0.25) is 5.02 Å². The average molecular weight is 252 g/mol. The fourth-order valence-electron chi connectivity index (χ4n) is 2.51. The van der Waals surface area contributed by atoms with Gasteiger partial charge in [-0.25, -0.2) is 0 Å². The van der Waals surface area contributed by atoms with Crippen molar-refractivity contribution in [2.45, 2.75) is 45.6 Å². The molecule has 2 rings (SSSR count). The van der Waals surface area contributed by atoms with E-state index in [1.165, 1.54) is 31.2 Å².